The fourth-order valence-corrected chi connectivity index (χ4v) is 3.41. The molecule has 0 unspecified atom stereocenters. The number of nitrogens with one attached hydrogen (secondary N) is 2. The Hall–Kier alpha value is -2.80. The van der Waals surface area contributed by atoms with E-state index < -0.39 is 6.03 Å². The number of amides is 2. The molecule has 0 radical (unpaired) electrons. The Labute approximate surface area is 148 Å². The van der Waals surface area contributed by atoms with Crippen LogP contribution in [0.4, 0.5) is 20.0 Å². The van der Waals surface area contributed by atoms with Crippen molar-refractivity contribution in [2.24, 2.45) is 0 Å². The monoisotopic (exact) mass is 356 g/mol. The Morgan fingerprint density at radius 1 is 1.08 bits per heavy atom. The summed E-state index contributed by atoms with van der Waals surface area (Å²) < 4.78 is 12.9. The third-order valence-corrected chi connectivity index (χ3v) is 4.62. The third-order valence-electron chi connectivity index (χ3n) is 3.67. The van der Waals surface area contributed by atoms with Crippen molar-refractivity contribution in [3.8, 4) is 0 Å². The Morgan fingerprint density at radius 3 is 2.48 bits per heavy atom. The maximum Gasteiger partial charge on any atom is 0.325 e. The summed E-state index contributed by atoms with van der Waals surface area (Å²) in [5.41, 5.74) is 1.67. The van der Waals surface area contributed by atoms with Gasteiger partial charge >= 0.3 is 6.03 Å². The predicted octanol–water partition coefficient (Wildman–Crippen LogP) is 4.86. The van der Waals surface area contributed by atoms with Gasteiger partial charge in [-0.3, -0.25) is 5.32 Å². The molecular weight excluding hydrogens is 339 g/mol. The first-order chi connectivity index (χ1) is 12.2. The zero-order valence-corrected chi connectivity index (χ0v) is 14.4. The standard InChI is InChI=1S/C18H17FN4OS/c1-2-15(12-6-4-3-5-7-12)16-22-23-18(25-16)21-17(24)20-14-10-8-13(19)9-11-14/h3-11,15H,2H2,1H3,(H2,20,21,23,24)/t15-/m1/s1. The molecule has 128 valence electrons. The summed E-state index contributed by atoms with van der Waals surface area (Å²) in [6.45, 7) is 2.09. The number of hydrogen-bond donors (Lipinski definition) is 2. The van der Waals surface area contributed by atoms with Gasteiger partial charge in [-0.2, -0.15) is 0 Å². The van der Waals surface area contributed by atoms with Gasteiger partial charge in [-0.05, 0) is 36.2 Å². The largest absolute Gasteiger partial charge is 0.325 e. The summed E-state index contributed by atoms with van der Waals surface area (Å²) >= 11 is 1.35. The van der Waals surface area contributed by atoms with Gasteiger partial charge in [0.15, 0.2) is 0 Å². The Kier molecular flexibility index (Phi) is 5.35. The van der Waals surface area contributed by atoms with E-state index >= 15 is 0 Å². The topological polar surface area (TPSA) is 66.9 Å². The van der Waals surface area contributed by atoms with E-state index in [1.165, 1.54) is 41.2 Å². The lowest BCUT2D eigenvalue weighted by molar-refractivity contribution is 0.262. The number of benzene rings is 2. The van der Waals surface area contributed by atoms with Gasteiger partial charge in [0.1, 0.15) is 10.8 Å². The molecule has 0 saturated heterocycles. The number of hydrogen-bond acceptors (Lipinski definition) is 4. The van der Waals surface area contributed by atoms with Gasteiger partial charge in [-0.15, -0.1) is 10.2 Å². The second kappa shape index (κ2) is 7.85. The van der Waals surface area contributed by atoms with Crippen LogP contribution in [-0.4, -0.2) is 16.2 Å². The van der Waals surface area contributed by atoms with Crippen LogP contribution in [-0.2, 0) is 0 Å². The van der Waals surface area contributed by atoms with Crippen molar-refractivity contribution in [1.82, 2.24) is 10.2 Å². The molecule has 2 amide bonds. The quantitative estimate of drug-likeness (QED) is 0.686. The maximum absolute atomic E-state index is 12.9. The molecule has 3 aromatic rings. The van der Waals surface area contributed by atoms with Crippen molar-refractivity contribution < 1.29 is 9.18 Å². The highest BCUT2D eigenvalue weighted by molar-refractivity contribution is 7.15. The first kappa shape index (κ1) is 17.0. The van der Waals surface area contributed by atoms with Crippen molar-refractivity contribution in [2.45, 2.75) is 19.3 Å². The fraction of sp³-hybridized carbons (Fsp3) is 0.167. The summed E-state index contributed by atoms with van der Waals surface area (Å²) in [5.74, 6) is -0.208. The van der Waals surface area contributed by atoms with Gasteiger partial charge in [0.05, 0.1) is 0 Å². The Balaban J connectivity index is 1.66. The van der Waals surface area contributed by atoms with Crippen molar-refractivity contribution in [1.29, 1.82) is 0 Å². The van der Waals surface area contributed by atoms with Crippen molar-refractivity contribution in [3.63, 3.8) is 0 Å². The fourth-order valence-electron chi connectivity index (χ4n) is 2.46. The molecule has 0 aliphatic rings. The van der Waals surface area contributed by atoms with Crippen LogP contribution in [0.5, 0.6) is 0 Å². The van der Waals surface area contributed by atoms with Crippen LogP contribution in [0.1, 0.15) is 29.8 Å². The van der Waals surface area contributed by atoms with E-state index in [-0.39, 0.29) is 11.7 Å². The molecule has 0 fully saturated rings. The van der Waals surface area contributed by atoms with Gasteiger partial charge in [-0.1, -0.05) is 48.6 Å². The molecular formula is C18H17FN4OS. The van der Waals surface area contributed by atoms with Crippen LogP contribution >= 0.6 is 11.3 Å². The average molecular weight is 356 g/mol. The highest BCUT2D eigenvalue weighted by Crippen LogP contribution is 2.31. The van der Waals surface area contributed by atoms with E-state index in [1.807, 2.05) is 18.2 Å². The molecule has 1 atom stereocenters. The van der Waals surface area contributed by atoms with E-state index in [9.17, 15) is 9.18 Å². The number of anilines is 2. The van der Waals surface area contributed by atoms with Crippen molar-refractivity contribution >= 4 is 28.2 Å². The molecule has 3 rings (SSSR count). The predicted molar refractivity (Wildman–Crippen MR) is 97.5 cm³/mol. The molecule has 7 heteroatoms. The molecule has 0 bridgehead atoms. The number of aromatic nitrogens is 2. The molecule has 2 N–H and O–H groups in total. The number of halogens is 1. The van der Waals surface area contributed by atoms with Gasteiger partial charge in [-0.25, -0.2) is 9.18 Å². The van der Waals surface area contributed by atoms with E-state index in [0.29, 0.717) is 10.8 Å². The number of urea groups is 1. The summed E-state index contributed by atoms with van der Waals surface area (Å²) in [6, 6.07) is 15.2. The number of carbonyl (C=O) groups excluding carboxylic acids is 1. The molecule has 5 nitrogen and oxygen atoms in total. The molecule has 1 heterocycles. The van der Waals surface area contributed by atoms with Gasteiger partial charge in [0, 0.05) is 11.6 Å². The van der Waals surface area contributed by atoms with Crippen molar-refractivity contribution in [2.75, 3.05) is 10.6 Å². The Bertz CT molecular complexity index is 836. The smallest absolute Gasteiger partial charge is 0.308 e. The Morgan fingerprint density at radius 2 is 1.80 bits per heavy atom. The van der Waals surface area contributed by atoms with Crippen LogP contribution < -0.4 is 10.6 Å². The van der Waals surface area contributed by atoms with E-state index in [0.717, 1.165) is 11.4 Å². The number of carbonyl (C=O) groups is 1. The minimum absolute atomic E-state index is 0.148. The molecule has 0 saturated carbocycles. The molecule has 0 aliphatic heterocycles. The van der Waals surface area contributed by atoms with E-state index in [1.54, 1.807) is 0 Å². The minimum Gasteiger partial charge on any atom is -0.308 e. The normalized spacial score (nSPS) is 11.8. The molecule has 1 aromatic heterocycles. The third kappa shape index (κ3) is 4.39. The first-order valence-corrected chi connectivity index (χ1v) is 8.69. The summed E-state index contributed by atoms with van der Waals surface area (Å²) in [7, 11) is 0. The van der Waals surface area contributed by atoms with E-state index in [4.69, 9.17) is 0 Å². The zero-order valence-electron chi connectivity index (χ0n) is 13.6. The number of nitrogens with zero attached hydrogens (tertiary/aromatic N) is 2. The number of rotatable bonds is 5. The highest BCUT2D eigenvalue weighted by atomic mass is 32.1. The lowest BCUT2D eigenvalue weighted by Gasteiger charge is -2.11. The van der Waals surface area contributed by atoms with Gasteiger partial charge in [0.2, 0.25) is 5.13 Å². The highest BCUT2D eigenvalue weighted by Gasteiger charge is 2.18. The molecule has 25 heavy (non-hydrogen) atoms. The van der Waals surface area contributed by atoms with Gasteiger partial charge < -0.3 is 5.32 Å². The minimum atomic E-state index is -0.443. The van der Waals surface area contributed by atoms with E-state index in [2.05, 4.69) is 39.9 Å². The van der Waals surface area contributed by atoms with Crippen LogP contribution in [0.2, 0.25) is 0 Å². The SMILES string of the molecule is CC[C@H](c1ccccc1)c1nnc(NC(=O)Nc2ccc(F)cc2)s1. The van der Waals surface area contributed by atoms with Crippen LogP contribution in [0.3, 0.4) is 0 Å². The second-order valence-electron chi connectivity index (χ2n) is 5.40. The van der Waals surface area contributed by atoms with Crippen LogP contribution in [0.15, 0.2) is 54.6 Å². The summed E-state index contributed by atoms with van der Waals surface area (Å²) in [4.78, 5) is 12.0. The molecule has 0 aliphatic carbocycles. The van der Waals surface area contributed by atoms with Gasteiger partial charge in [0.25, 0.3) is 0 Å². The molecule has 0 spiro atoms. The zero-order chi connectivity index (χ0) is 17.6. The lowest BCUT2D eigenvalue weighted by atomic mass is 9.97. The van der Waals surface area contributed by atoms with Crippen LogP contribution in [0.25, 0.3) is 0 Å². The summed E-state index contributed by atoms with van der Waals surface area (Å²) in [6.07, 6.45) is 0.889. The average Bonchev–Trinajstić information content (AvgIpc) is 3.06. The maximum atomic E-state index is 12.9. The lowest BCUT2D eigenvalue weighted by Crippen LogP contribution is -2.19. The molecule has 2 aromatic carbocycles. The second-order valence-corrected chi connectivity index (χ2v) is 6.41. The van der Waals surface area contributed by atoms with Crippen LogP contribution in [0, 0.1) is 5.82 Å². The summed E-state index contributed by atoms with van der Waals surface area (Å²) in [5, 5.41) is 14.8. The van der Waals surface area contributed by atoms with Crippen molar-refractivity contribution in [3.05, 3.63) is 71.0 Å². The first-order valence-electron chi connectivity index (χ1n) is 7.87.